The third-order valence-corrected chi connectivity index (χ3v) is 5.49. The first kappa shape index (κ1) is 18.0. The third-order valence-electron chi connectivity index (χ3n) is 4.38. The van der Waals surface area contributed by atoms with Crippen LogP contribution in [-0.4, -0.2) is 34.1 Å². The standard InChI is InChI=1S/C20H18N4O3S/c1-28(26,27)17-4-2-3-14(11-17)12-22-19-20-23-13-18(24(20)10-9-21-19)15-5-7-16(25)8-6-15/h2-11,13,25H,12H2,1H3,(H,21,22). The molecule has 28 heavy (non-hydrogen) atoms. The molecule has 0 aliphatic heterocycles. The topological polar surface area (TPSA) is 96.6 Å². The van der Waals surface area contributed by atoms with Crippen LogP contribution < -0.4 is 5.32 Å². The van der Waals surface area contributed by atoms with Gasteiger partial charge in [-0.05, 0) is 42.0 Å². The molecule has 0 saturated carbocycles. The summed E-state index contributed by atoms with van der Waals surface area (Å²) in [5.74, 6) is 0.801. The van der Waals surface area contributed by atoms with E-state index < -0.39 is 9.84 Å². The average molecular weight is 394 g/mol. The minimum Gasteiger partial charge on any atom is -0.508 e. The number of imidazole rings is 1. The normalized spacial score (nSPS) is 11.6. The number of fused-ring (bicyclic) bond motifs is 1. The van der Waals surface area contributed by atoms with Gasteiger partial charge in [-0.15, -0.1) is 0 Å². The molecular weight excluding hydrogens is 376 g/mol. The number of benzene rings is 2. The number of aromatic nitrogens is 3. The zero-order chi connectivity index (χ0) is 19.7. The molecule has 0 saturated heterocycles. The number of rotatable bonds is 5. The van der Waals surface area contributed by atoms with Crippen molar-refractivity contribution in [1.29, 1.82) is 0 Å². The Kier molecular flexibility index (Phi) is 4.48. The molecule has 0 atom stereocenters. The summed E-state index contributed by atoms with van der Waals surface area (Å²) in [6, 6.07) is 13.7. The Morgan fingerprint density at radius 2 is 1.89 bits per heavy atom. The maximum Gasteiger partial charge on any atom is 0.180 e. The molecule has 2 heterocycles. The smallest absolute Gasteiger partial charge is 0.180 e. The van der Waals surface area contributed by atoms with E-state index in [1.54, 1.807) is 42.7 Å². The van der Waals surface area contributed by atoms with Crippen LogP contribution in [0.15, 0.2) is 72.0 Å². The molecule has 2 aromatic carbocycles. The molecule has 0 aliphatic carbocycles. The van der Waals surface area contributed by atoms with Crippen molar-refractivity contribution in [2.24, 2.45) is 0 Å². The molecule has 0 bridgehead atoms. The van der Waals surface area contributed by atoms with Gasteiger partial charge in [0.1, 0.15) is 5.75 Å². The molecule has 0 fully saturated rings. The number of nitrogens with one attached hydrogen (secondary N) is 1. The highest BCUT2D eigenvalue weighted by atomic mass is 32.2. The van der Waals surface area contributed by atoms with Gasteiger partial charge in [0.25, 0.3) is 0 Å². The van der Waals surface area contributed by atoms with Gasteiger partial charge < -0.3 is 10.4 Å². The van der Waals surface area contributed by atoms with E-state index in [0.29, 0.717) is 18.0 Å². The fourth-order valence-corrected chi connectivity index (χ4v) is 3.65. The average Bonchev–Trinajstić information content (AvgIpc) is 3.11. The molecule has 0 spiro atoms. The predicted octanol–water partition coefficient (Wildman–Crippen LogP) is 3.12. The maximum atomic E-state index is 11.7. The van der Waals surface area contributed by atoms with Crippen molar-refractivity contribution in [3.63, 3.8) is 0 Å². The highest BCUT2D eigenvalue weighted by molar-refractivity contribution is 7.90. The molecule has 2 N–H and O–H groups in total. The zero-order valence-corrected chi connectivity index (χ0v) is 15.9. The van der Waals surface area contributed by atoms with Gasteiger partial charge >= 0.3 is 0 Å². The van der Waals surface area contributed by atoms with E-state index in [1.165, 1.54) is 6.26 Å². The van der Waals surface area contributed by atoms with Crippen LogP contribution in [-0.2, 0) is 16.4 Å². The monoisotopic (exact) mass is 394 g/mol. The highest BCUT2D eigenvalue weighted by Crippen LogP contribution is 2.25. The van der Waals surface area contributed by atoms with Crippen molar-refractivity contribution in [3.8, 4) is 17.0 Å². The van der Waals surface area contributed by atoms with Crippen molar-refractivity contribution in [2.75, 3.05) is 11.6 Å². The highest BCUT2D eigenvalue weighted by Gasteiger charge is 2.11. The quantitative estimate of drug-likeness (QED) is 0.540. The summed E-state index contributed by atoms with van der Waals surface area (Å²) < 4.78 is 25.4. The summed E-state index contributed by atoms with van der Waals surface area (Å²) in [5.41, 5.74) is 3.28. The van der Waals surface area contributed by atoms with Crippen LogP contribution in [0.4, 0.5) is 5.82 Å². The maximum absolute atomic E-state index is 11.7. The van der Waals surface area contributed by atoms with Crippen molar-refractivity contribution < 1.29 is 13.5 Å². The number of nitrogens with zero attached hydrogens (tertiary/aromatic N) is 3. The Bertz CT molecular complexity index is 1250. The van der Waals surface area contributed by atoms with Crippen molar-refractivity contribution in [1.82, 2.24) is 14.4 Å². The Balaban J connectivity index is 1.63. The Morgan fingerprint density at radius 1 is 1.11 bits per heavy atom. The van der Waals surface area contributed by atoms with Crippen LogP contribution in [0.25, 0.3) is 16.9 Å². The minimum absolute atomic E-state index is 0.206. The van der Waals surface area contributed by atoms with Crippen LogP contribution in [0.5, 0.6) is 5.75 Å². The number of hydrogen-bond donors (Lipinski definition) is 2. The lowest BCUT2D eigenvalue weighted by atomic mass is 10.1. The lowest BCUT2D eigenvalue weighted by Crippen LogP contribution is -2.05. The van der Waals surface area contributed by atoms with E-state index in [-0.39, 0.29) is 10.6 Å². The minimum atomic E-state index is -3.25. The van der Waals surface area contributed by atoms with Gasteiger partial charge in [0, 0.05) is 30.8 Å². The van der Waals surface area contributed by atoms with E-state index >= 15 is 0 Å². The number of anilines is 1. The molecular formula is C20H18N4O3S. The van der Waals surface area contributed by atoms with Crippen LogP contribution >= 0.6 is 0 Å². The van der Waals surface area contributed by atoms with Gasteiger partial charge in [0.2, 0.25) is 0 Å². The molecule has 0 amide bonds. The van der Waals surface area contributed by atoms with E-state index in [9.17, 15) is 13.5 Å². The molecule has 7 nitrogen and oxygen atoms in total. The Hall–Kier alpha value is -3.39. The van der Waals surface area contributed by atoms with E-state index in [1.807, 2.05) is 28.8 Å². The molecule has 0 unspecified atom stereocenters. The van der Waals surface area contributed by atoms with E-state index in [4.69, 9.17) is 0 Å². The molecule has 8 heteroatoms. The van der Waals surface area contributed by atoms with Crippen LogP contribution in [0, 0.1) is 0 Å². The van der Waals surface area contributed by atoms with Crippen molar-refractivity contribution in [3.05, 3.63) is 72.7 Å². The molecule has 0 aliphatic rings. The number of sulfone groups is 1. The van der Waals surface area contributed by atoms with Crippen LogP contribution in [0.2, 0.25) is 0 Å². The van der Waals surface area contributed by atoms with Gasteiger partial charge in [-0.2, -0.15) is 0 Å². The fourth-order valence-electron chi connectivity index (χ4n) is 2.96. The number of hydrogen-bond acceptors (Lipinski definition) is 6. The summed E-state index contributed by atoms with van der Waals surface area (Å²) in [4.78, 5) is 9.11. The molecule has 2 aromatic heterocycles. The second kappa shape index (κ2) is 6.97. The predicted molar refractivity (Wildman–Crippen MR) is 107 cm³/mol. The molecule has 142 valence electrons. The second-order valence-corrected chi connectivity index (χ2v) is 8.45. The first-order valence-electron chi connectivity index (χ1n) is 8.56. The van der Waals surface area contributed by atoms with Gasteiger partial charge in [0.05, 0.1) is 16.8 Å². The number of phenols is 1. The van der Waals surface area contributed by atoms with Crippen molar-refractivity contribution >= 4 is 21.3 Å². The van der Waals surface area contributed by atoms with Crippen LogP contribution in [0.3, 0.4) is 0 Å². The van der Waals surface area contributed by atoms with Gasteiger partial charge in [0.15, 0.2) is 21.3 Å². The molecule has 0 radical (unpaired) electrons. The summed E-state index contributed by atoms with van der Waals surface area (Å²) >= 11 is 0. The Labute approximate surface area is 162 Å². The number of phenolic OH excluding ortho intramolecular Hbond substituents is 1. The van der Waals surface area contributed by atoms with E-state index in [0.717, 1.165) is 16.8 Å². The SMILES string of the molecule is CS(=O)(=O)c1cccc(CNc2nccn3c(-c4ccc(O)cc4)cnc23)c1. The lowest BCUT2D eigenvalue weighted by molar-refractivity contribution is 0.475. The van der Waals surface area contributed by atoms with Gasteiger partial charge in [-0.3, -0.25) is 4.40 Å². The fraction of sp³-hybridized carbons (Fsp3) is 0.100. The first-order chi connectivity index (χ1) is 13.4. The van der Waals surface area contributed by atoms with Crippen molar-refractivity contribution in [2.45, 2.75) is 11.4 Å². The second-order valence-electron chi connectivity index (χ2n) is 6.43. The Morgan fingerprint density at radius 3 is 2.64 bits per heavy atom. The van der Waals surface area contributed by atoms with Gasteiger partial charge in [-0.25, -0.2) is 18.4 Å². The van der Waals surface area contributed by atoms with E-state index in [2.05, 4.69) is 15.3 Å². The lowest BCUT2D eigenvalue weighted by Gasteiger charge is -2.09. The zero-order valence-electron chi connectivity index (χ0n) is 15.1. The summed E-state index contributed by atoms with van der Waals surface area (Å²) in [6.07, 6.45) is 6.43. The summed E-state index contributed by atoms with van der Waals surface area (Å²) in [7, 11) is -3.25. The first-order valence-corrected chi connectivity index (χ1v) is 10.5. The molecule has 4 rings (SSSR count). The number of aromatic hydroxyl groups is 1. The van der Waals surface area contributed by atoms with Crippen LogP contribution in [0.1, 0.15) is 5.56 Å². The summed E-state index contributed by atoms with van der Waals surface area (Å²) in [5, 5.41) is 12.7. The third kappa shape index (κ3) is 3.54. The molecule has 4 aromatic rings. The largest absolute Gasteiger partial charge is 0.508 e. The van der Waals surface area contributed by atoms with Gasteiger partial charge in [-0.1, -0.05) is 12.1 Å². The summed E-state index contributed by atoms with van der Waals surface area (Å²) in [6.45, 7) is 0.414.